The zero-order valence-corrected chi connectivity index (χ0v) is 13.8. The number of carbonyl (C=O) groups is 2. The summed E-state index contributed by atoms with van der Waals surface area (Å²) in [6.45, 7) is 1.13. The first-order valence-corrected chi connectivity index (χ1v) is 8.83. The summed E-state index contributed by atoms with van der Waals surface area (Å²) in [6.07, 6.45) is 3.47. The molecule has 23 heavy (non-hydrogen) atoms. The van der Waals surface area contributed by atoms with Crippen molar-refractivity contribution in [3.8, 4) is 0 Å². The van der Waals surface area contributed by atoms with Gasteiger partial charge < -0.3 is 10.2 Å². The molecule has 2 aromatic rings. The Kier molecular flexibility index (Phi) is 5.08. The van der Waals surface area contributed by atoms with Crippen LogP contribution in [0.15, 0.2) is 41.8 Å². The maximum Gasteiger partial charge on any atom is 0.261 e. The lowest BCUT2D eigenvalue weighted by Gasteiger charge is -2.23. The fourth-order valence-electron chi connectivity index (χ4n) is 2.86. The molecule has 120 valence electrons. The van der Waals surface area contributed by atoms with Crippen LogP contribution < -0.4 is 10.2 Å². The Labute approximate surface area is 140 Å². The Hall–Kier alpha value is -2.14. The Bertz CT molecular complexity index is 682. The fraction of sp³-hybridized carbons (Fsp3) is 0.333. The largest absolute Gasteiger partial charge is 0.351 e. The number of nitrogens with one attached hydrogen (secondary N) is 1. The summed E-state index contributed by atoms with van der Waals surface area (Å²) in [7, 11) is 0. The van der Waals surface area contributed by atoms with Crippen molar-refractivity contribution in [3.63, 3.8) is 0 Å². The van der Waals surface area contributed by atoms with Gasteiger partial charge in [-0.3, -0.25) is 9.59 Å². The number of benzene rings is 1. The van der Waals surface area contributed by atoms with Crippen LogP contribution >= 0.6 is 11.3 Å². The predicted octanol–water partition coefficient (Wildman–Crippen LogP) is 3.24. The standard InChI is InChI=1S/C18H20N2O2S/c21-17(10-11-19-18(22)16-9-5-13-23-16)20-12-4-3-7-14-6-1-2-8-15(14)20/h1-2,5-6,8-9,13H,3-4,7,10-12H2,(H,19,22). The van der Waals surface area contributed by atoms with Gasteiger partial charge in [0.25, 0.3) is 5.91 Å². The molecule has 1 aromatic heterocycles. The molecule has 1 aromatic carbocycles. The van der Waals surface area contributed by atoms with Crippen LogP contribution in [0.4, 0.5) is 5.69 Å². The predicted molar refractivity (Wildman–Crippen MR) is 93.0 cm³/mol. The highest BCUT2D eigenvalue weighted by Crippen LogP contribution is 2.26. The van der Waals surface area contributed by atoms with Gasteiger partial charge in [-0.2, -0.15) is 0 Å². The normalized spacial score (nSPS) is 14.0. The van der Waals surface area contributed by atoms with Crippen LogP contribution in [0, 0.1) is 0 Å². The van der Waals surface area contributed by atoms with Crippen LogP contribution in [-0.2, 0) is 11.2 Å². The highest BCUT2D eigenvalue weighted by molar-refractivity contribution is 7.12. The topological polar surface area (TPSA) is 49.4 Å². The summed E-state index contributed by atoms with van der Waals surface area (Å²) in [5, 5.41) is 4.69. The Morgan fingerprint density at radius 2 is 2.00 bits per heavy atom. The Morgan fingerprint density at radius 1 is 1.13 bits per heavy atom. The second-order valence-corrected chi connectivity index (χ2v) is 6.56. The van der Waals surface area contributed by atoms with E-state index in [1.165, 1.54) is 16.9 Å². The molecule has 0 unspecified atom stereocenters. The quantitative estimate of drug-likeness (QED) is 0.937. The third-order valence-corrected chi connectivity index (χ3v) is 4.90. The average molecular weight is 328 g/mol. The van der Waals surface area contributed by atoms with Crippen LogP contribution in [0.3, 0.4) is 0 Å². The molecule has 0 fully saturated rings. The zero-order valence-electron chi connectivity index (χ0n) is 13.0. The zero-order chi connectivity index (χ0) is 16.1. The van der Waals surface area contributed by atoms with Crippen LogP contribution in [0.5, 0.6) is 0 Å². The number of hydrogen-bond donors (Lipinski definition) is 1. The van der Waals surface area contributed by atoms with Gasteiger partial charge in [-0.15, -0.1) is 11.3 Å². The smallest absolute Gasteiger partial charge is 0.261 e. The van der Waals surface area contributed by atoms with E-state index < -0.39 is 0 Å². The first-order valence-electron chi connectivity index (χ1n) is 7.95. The molecule has 0 aliphatic carbocycles. The molecule has 3 rings (SSSR count). The second-order valence-electron chi connectivity index (χ2n) is 5.61. The molecule has 5 heteroatoms. The minimum absolute atomic E-state index is 0.0748. The summed E-state index contributed by atoms with van der Waals surface area (Å²) < 4.78 is 0. The number of nitrogens with zero attached hydrogens (tertiary/aromatic N) is 1. The van der Waals surface area contributed by atoms with Gasteiger partial charge in [-0.25, -0.2) is 0 Å². The lowest BCUT2D eigenvalue weighted by Crippen LogP contribution is -2.35. The molecule has 1 aliphatic rings. The monoisotopic (exact) mass is 328 g/mol. The van der Waals surface area contributed by atoms with E-state index in [9.17, 15) is 9.59 Å². The molecule has 0 atom stereocenters. The third-order valence-electron chi connectivity index (χ3n) is 4.03. The molecule has 4 nitrogen and oxygen atoms in total. The van der Waals surface area contributed by atoms with Gasteiger partial charge in [0, 0.05) is 25.2 Å². The first kappa shape index (κ1) is 15.7. The van der Waals surface area contributed by atoms with Crippen molar-refractivity contribution >= 4 is 28.8 Å². The summed E-state index contributed by atoms with van der Waals surface area (Å²) in [5.41, 5.74) is 2.26. The summed E-state index contributed by atoms with van der Waals surface area (Å²) in [6, 6.07) is 11.7. The van der Waals surface area contributed by atoms with E-state index in [1.54, 1.807) is 6.07 Å². The fourth-order valence-corrected chi connectivity index (χ4v) is 3.50. The molecule has 0 saturated carbocycles. The van der Waals surface area contributed by atoms with Gasteiger partial charge in [0.2, 0.25) is 5.91 Å². The first-order chi connectivity index (χ1) is 11.3. The molecule has 1 N–H and O–H groups in total. The van der Waals surface area contributed by atoms with Crippen molar-refractivity contribution in [1.82, 2.24) is 5.32 Å². The molecular formula is C18H20N2O2S. The van der Waals surface area contributed by atoms with E-state index in [2.05, 4.69) is 11.4 Å². The van der Waals surface area contributed by atoms with Crippen LogP contribution in [0.25, 0.3) is 0 Å². The Morgan fingerprint density at radius 3 is 2.83 bits per heavy atom. The number of fused-ring (bicyclic) bond motifs is 1. The molecule has 0 spiro atoms. The minimum Gasteiger partial charge on any atom is -0.351 e. The third kappa shape index (κ3) is 3.79. The number of thiophene rings is 1. The van der Waals surface area contributed by atoms with Crippen molar-refractivity contribution in [2.24, 2.45) is 0 Å². The van der Waals surface area contributed by atoms with Crippen LogP contribution in [-0.4, -0.2) is 24.9 Å². The molecule has 1 aliphatic heterocycles. The maximum atomic E-state index is 12.6. The van der Waals surface area contributed by atoms with E-state index in [0.717, 1.165) is 31.5 Å². The highest BCUT2D eigenvalue weighted by Gasteiger charge is 2.20. The molecular weight excluding hydrogens is 308 g/mol. The molecule has 2 amide bonds. The Balaban J connectivity index is 1.59. The number of para-hydroxylation sites is 1. The minimum atomic E-state index is -0.107. The molecule has 0 saturated heterocycles. The van der Waals surface area contributed by atoms with Gasteiger partial charge in [-0.05, 0) is 42.3 Å². The molecule has 0 bridgehead atoms. The number of anilines is 1. The number of carbonyl (C=O) groups excluding carboxylic acids is 2. The average Bonchev–Trinajstić information content (AvgIpc) is 3.01. The van der Waals surface area contributed by atoms with E-state index in [0.29, 0.717) is 17.8 Å². The van der Waals surface area contributed by atoms with Crippen molar-refractivity contribution in [3.05, 3.63) is 52.2 Å². The van der Waals surface area contributed by atoms with Gasteiger partial charge in [0.05, 0.1) is 4.88 Å². The van der Waals surface area contributed by atoms with Gasteiger partial charge in [0.15, 0.2) is 0 Å². The van der Waals surface area contributed by atoms with Crippen LogP contribution in [0.1, 0.15) is 34.5 Å². The van der Waals surface area contributed by atoms with E-state index in [1.807, 2.05) is 34.5 Å². The van der Waals surface area contributed by atoms with Gasteiger partial charge in [-0.1, -0.05) is 24.3 Å². The van der Waals surface area contributed by atoms with E-state index in [-0.39, 0.29) is 11.8 Å². The lowest BCUT2D eigenvalue weighted by atomic mass is 10.1. The van der Waals surface area contributed by atoms with Crippen molar-refractivity contribution in [1.29, 1.82) is 0 Å². The molecule has 0 radical (unpaired) electrons. The van der Waals surface area contributed by atoms with Crippen LogP contribution in [0.2, 0.25) is 0 Å². The van der Waals surface area contributed by atoms with E-state index >= 15 is 0 Å². The SMILES string of the molecule is O=C(NCCC(=O)N1CCCCc2ccccc21)c1cccs1. The number of rotatable bonds is 4. The second kappa shape index (κ2) is 7.42. The van der Waals surface area contributed by atoms with Crippen molar-refractivity contribution < 1.29 is 9.59 Å². The lowest BCUT2D eigenvalue weighted by molar-refractivity contribution is -0.118. The summed E-state index contributed by atoms with van der Waals surface area (Å²) in [5.74, 6) is -0.0325. The summed E-state index contributed by atoms with van der Waals surface area (Å²) in [4.78, 5) is 27.0. The number of aryl methyl sites for hydroxylation is 1. The van der Waals surface area contributed by atoms with E-state index in [4.69, 9.17) is 0 Å². The van der Waals surface area contributed by atoms with Crippen molar-refractivity contribution in [2.45, 2.75) is 25.7 Å². The number of hydrogen-bond acceptors (Lipinski definition) is 3. The van der Waals surface area contributed by atoms with Gasteiger partial charge in [0.1, 0.15) is 0 Å². The highest BCUT2D eigenvalue weighted by atomic mass is 32.1. The number of amides is 2. The maximum absolute atomic E-state index is 12.6. The van der Waals surface area contributed by atoms with Gasteiger partial charge >= 0.3 is 0 Å². The van der Waals surface area contributed by atoms with Crippen molar-refractivity contribution in [2.75, 3.05) is 18.0 Å². The molecule has 2 heterocycles. The summed E-state index contributed by atoms with van der Waals surface area (Å²) >= 11 is 1.40.